The van der Waals surface area contributed by atoms with Gasteiger partial charge >= 0.3 is 12.0 Å². The Kier molecular flexibility index (Phi) is 6.50. The first-order chi connectivity index (χ1) is 12.6. The van der Waals surface area contributed by atoms with E-state index in [4.69, 9.17) is 5.11 Å². The van der Waals surface area contributed by atoms with E-state index in [1.54, 1.807) is 0 Å². The minimum atomic E-state index is -0.788. The topological polar surface area (TPSA) is 72.9 Å². The minimum Gasteiger partial charge on any atom is -0.481 e. The Morgan fingerprint density at radius 2 is 2.04 bits per heavy atom. The lowest BCUT2D eigenvalue weighted by atomic mass is 9.95. The molecule has 0 spiro atoms. The van der Waals surface area contributed by atoms with Crippen LogP contribution in [-0.2, 0) is 11.2 Å². The highest BCUT2D eigenvalue weighted by Gasteiger charge is 2.29. The molecule has 0 aliphatic carbocycles. The summed E-state index contributed by atoms with van der Waals surface area (Å²) >= 11 is 0. The van der Waals surface area contributed by atoms with Crippen molar-refractivity contribution in [3.63, 3.8) is 0 Å². The molecule has 2 fully saturated rings. The first-order valence-corrected chi connectivity index (χ1v) is 9.71. The third-order valence-corrected chi connectivity index (χ3v) is 5.41. The van der Waals surface area contributed by atoms with Crippen molar-refractivity contribution in [1.29, 1.82) is 0 Å². The largest absolute Gasteiger partial charge is 0.481 e. The molecule has 6 nitrogen and oxygen atoms in total. The number of piperidine rings is 1. The number of nitrogens with one attached hydrogen (secondary N) is 1. The van der Waals surface area contributed by atoms with Gasteiger partial charge < -0.3 is 15.3 Å². The smallest absolute Gasteiger partial charge is 0.324 e. The summed E-state index contributed by atoms with van der Waals surface area (Å²) in [6.07, 6.45) is 5.48. The van der Waals surface area contributed by atoms with E-state index in [0.29, 0.717) is 6.42 Å². The van der Waals surface area contributed by atoms with Crippen LogP contribution in [0, 0.1) is 5.92 Å². The highest BCUT2D eigenvalue weighted by atomic mass is 16.4. The SMILES string of the molecule is O=C(O)CCc1ccc(N2CCN(CCCC3CCCNC3)C2=O)cc1. The first-order valence-electron chi connectivity index (χ1n) is 9.71. The molecule has 0 radical (unpaired) electrons. The number of aryl methyl sites for hydroxylation is 1. The van der Waals surface area contributed by atoms with Crippen LogP contribution in [-0.4, -0.2) is 54.7 Å². The highest BCUT2D eigenvalue weighted by Crippen LogP contribution is 2.22. The van der Waals surface area contributed by atoms with Gasteiger partial charge in [0, 0.05) is 31.7 Å². The van der Waals surface area contributed by atoms with Crippen molar-refractivity contribution in [3.05, 3.63) is 29.8 Å². The van der Waals surface area contributed by atoms with Crippen molar-refractivity contribution in [2.75, 3.05) is 37.6 Å². The Morgan fingerprint density at radius 1 is 1.23 bits per heavy atom. The van der Waals surface area contributed by atoms with Gasteiger partial charge in [-0.1, -0.05) is 12.1 Å². The number of carbonyl (C=O) groups is 2. The molecule has 2 N–H and O–H groups in total. The molecule has 2 heterocycles. The standard InChI is InChI=1S/C20H29N3O3/c24-19(25)10-7-16-5-8-18(9-6-16)23-14-13-22(20(23)26)12-2-4-17-3-1-11-21-15-17/h5-6,8-9,17,21H,1-4,7,10-15H2,(H,24,25). The van der Waals surface area contributed by atoms with Crippen LogP contribution in [0.1, 0.15) is 37.7 Å². The maximum absolute atomic E-state index is 12.6. The Hall–Kier alpha value is -2.08. The zero-order valence-electron chi connectivity index (χ0n) is 15.3. The van der Waals surface area contributed by atoms with Crippen molar-refractivity contribution in [2.24, 2.45) is 5.92 Å². The molecule has 2 amide bonds. The van der Waals surface area contributed by atoms with Gasteiger partial charge in [-0.05, 0) is 68.8 Å². The van der Waals surface area contributed by atoms with Crippen molar-refractivity contribution in [2.45, 2.75) is 38.5 Å². The van der Waals surface area contributed by atoms with Gasteiger partial charge in [0.05, 0.1) is 0 Å². The lowest BCUT2D eigenvalue weighted by molar-refractivity contribution is -0.136. The third-order valence-electron chi connectivity index (χ3n) is 5.41. The van der Waals surface area contributed by atoms with E-state index >= 15 is 0 Å². The van der Waals surface area contributed by atoms with Gasteiger partial charge in [0.2, 0.25) is 0 Å². The van der Waals surface area contributed by atoms with E-state index in [1.807, 2.05) is 34.1 Å². The number of aliphatic carboxylic acids is 1. The summed E-state index contributed by atoms with van der Waals surface area (Å²) in [7, 11) is 0. The summed E-state index contributed by atoms with van der Waals surface area (Å²) in [5.41, 5.74) is 1.88. The van der Waals surface area contributed by atoms with Crippen LogP contribution in [0.3, 0.4) is 0 Å². The second-order valence-corrected chi connectivity index (χ2v) is 7.34. The van der Waals surface area contributed by atoms with E-state index in [0.717, 1.165) is 56.3 Å². The molecule has 0 aromatic heterocycles. The van der Waals surface area contributed by atoms with E-state index in [9.17, 15) is 9.59 Å². The number of hydrogen-bond donors (Lipinski definition) is 2. The van der Waals surface area contributed by atoms with E-state index < -0.39 is 5.97 Å². The number of benzene rings is 1. The summed E-state index contributed by atoms with van der Waals surface area (Å²) in [6, 6.07) is 7.78. The molecule has 1 aromatic carbocycles. The number of hydrogen-bond acceptors (Lipinski definition) is 3. The molecule has 1 atom stereocenters. The average molecular weight is 359 g/mol. The van der Waals surface area contributed by atoms with Gasteiger partial charge in [0.25, 0.3) is 0 Å². The van der Waals surface area contributed by atoms with Crippen LogP contribution in [0.15, 0.2) is 24.3 Å². The van der Waals surface area contributed by atoms with Crippen molar-refractivity contribution in [3.8, 4) is 0 Å². The normalized spacial score (nSPS) is 20.6. The fraction of sp³-hybridized carbons (Fsp3) is 0.600. The number of rotatable bonds is 8. The lowest BCUT2D eigenvalue weighted by Crippen LogP contribution is -2.33. The number of amides is 2. The third kappa shape index (κ3) is 4.97. The molecule has 6 heteroatoms. The zero-order chi connectivity index (χ0) is 18.4. The summed E-state index contributed by atoms with van der Waals surface area (Å²) in [4.78, 5) is 27.1. The number of anilines is 1. The zero-order valence-corrected chi connectivity index (χ0v) is 15.3. The van der Waals surface area contributed by atoms with Gasteiger partial charge in [0.15, 0.2) is 0 Å². The molecule has 3 rings (SSSR count). The quantitative estimate of drug-likeness (QED) is 0.749. The van der Waals surface area contributed by atoms with Gasteiger partial charge in [-0.2, -0.15) is 0 Å². The van der Waals surface area contributed by atoms with Crippen LogP contribution in [0.2, 0.25) is 0 Å². The van der Waals surface area contributed by atoms with E-state index in [1.165, 1.54) is 19.3 Å². The van der Waals surface area contributed by atoms with Crippen LogP contribution >= 0.6 is 0 Å². The van der Waals surface area contributed by atoms with Crippen LogP contribution in [0.25, 0.3) is 0 Å². The number of carboxylic acids is 1. The Morgan fingerprint density at radius 3 is 2.73 bits per heavy atom. The highest BCUT2D eigenvalue weighted by molar-refractivity contribution is 5.94. The first kappa shape index (κ1) is 18.7. The molecule has 2 aliphatic heterocycles. The summed E-state index contributed by atoms with van der Waals surface area (Å²) in [5, 5.41) is 12.2. The van der Waals surface area contributed by atoms with E-state index in [-0.39, 0.29) is 12.5 Å². The van der Waals surface area contributed by atoms with Crippen LogP contribution in [0.4, 0.5) is 10.5 Å². The predicted molar refractivity (Wildman–Crippen MR) is 102 cm³/mol. The van der Waals surface area contributed by atoms with Gasteiger partial charge in [-0.3, -0.25) is 9.69 Å². The lowest BCUT2D eigenvalue weighted by Gasteiger charge is -2.24. The maximum Gasteiger partial charge on any atom is 0.324 e. The number of urea groups is 1. The molecule has 2 saturated heterocycles. The van der Waals surface area contributed by atoms with Gasteiger partial charge in [-0.25, -0.2) is 4.79 Å². The molecule has 26 heavy (non-hydrogen) atoms. The van der Waals surface area contributed by atoms with Crippen molar-refractivity contribution >= 4 is 17.7 Å². The van der Waals surface area contributed by atoms with Crippen LogP contribution in [0.5, 0.6) is 0 Å². The molecule has 0 bridgehead atoms. The summed E-state index contributed by atoms with van der Waals surface area (Å²) in [6.45, 7) is 4.60. The van der Waals surface area contributed by atoms with Crippen LogP contribution < -0.4 is 10.2 Å². The summed E-state index contributed by atoms with van der Waals surface area (Å²) < 4.78 is 0. The molecule has 142 valence electrons. The predicted octanol–water partition coefficient (Wildman–Crippen LogP) is 2.73. The molecule has 1 unspecified atom stereocenters. The molecule has 2 aliphatic rings. The molecule has 1 aromatic rings. The number of carbonyl (C=O) groups excluding carboxylic acids is 1. The fourth-order valence-electron chi connectivity index (χ4n) is 3.86. The minimum absolute atomic E-state index is 0.0880. The second kappa shape index (κ2) is 9.03. The molecular weight excluding hydrogens is 330 g/mol. The van der Waals surface area contributed by atoms with E-state index in [2.05, 4.69) is 5.32 Å². The van der Waals surface area contributed by atoms with Gasteiger partial charge in [-0.15, -0.1) is 0 Å². The second-order valence-electron chi connectivity index (χ2n) is 7.34. The van der Waals surface area contributed by atoms with Gasteiger partial charge in [0.1, 0.15) is 0 Å². The Labute approximate surface area is 155 Å². The molecule has 0 saturated carbocycles. The summed E-state index contributed by atoms with van der Waals surface area (Å²) in [5.74, 6) is -0.0284. The Balaban J connectivity index is 1.46. The average Bonchev–Trinajstić information content (AvgIpc) is 3.02. The maximum atomic E-state index is 12.6. The molecular formula is C20H29N3O3. The van der Waals surface area contributed by atoms with Crippen molar-refractivity contribution in [1.82, 2.24) is 10.2 Å². The number of nitrogens with zero attached hydrogens (tertiary/aromatic N) is 2. The van der Waals surface area contributed by atoms with Crippen molar-refractivity contribution < 1.29 is 14.7 Å². The monoisotopic (exact) mass is 359 g/mol. The fourth-order valence-corrected chi connectivity index (χ4v) is 3.86. The number of carboxylic acid groups (broad SMARTS) is 1. The Bertz CT molecular complexity index is 611.